The van der Waals surface area contributed by atoms with Gasteiger partial charge < -0.3 is 14.6 Å². The Morgan fingerprint density at radius 3 is 2.86 bits per heavy atom. The lowest BCUT2D eigenvalue weighted by atomic mass is 10.3. The SMILES string of the molecule is COCCCOc1cc(O)ccc1Cl. The van der Waals surface area contributed by atoms with Crippen LogP contribution < -0.4 is 4.74 Å². The quantitative estimate of drug-likeness (QED) is 0.769. The van der Waals surface area contributed by atoms with Crippen LogP contribution >= 0.6 is 11.6 Å². The maximum atomic E-state index is 9.18. The molecule has 78 valence electrons. The van der Waals surface area contributed by atoms with E-state index in [9.17, 15) is 5.11 Å². The van der Waals surface area contributed by atoms with E-state index < -0.39 is 0 Å². The molecule has 0 radical (unpaired) electrons. The molecule has 1 aromatic carbocycles. The van der Waals surface area contributed by atoms with Crippen molar-refractivity contribution in [3.05, 3.63) is 23.2 Å². The van der Waals surface area contributed by atoms with Gasteiger partial charge in [0.25, 0.3) is 0 Å². The van der Waals surface area contributed by atoms with E-state index in [4.69, 9.17) is 21.1 Å². The highest BCUT2D eigenvalue weighted by atomic mass is 35.5. The molecule has 0 amide bonds. The van der Waals surface area contributed by atoms with Crippen molar-refractivity contribution >= 4 is 11.6 Å². The summed E-state index contributed by atoms with van der Waals surface area (Å²) in [4.78, 5) is 0. The highest BCUT2D eigenvalue weighted by molar-refractivity contribution is 6.32. The molecule has 3 nitrogen and oxygen atoms in total. The molecule has 1 rings (SSSR count). The first-order chi connectivity index (χ1) is 6.74. The molecule has 0 atom stereocenters. The van der Waals surface area contributed by atoms with Gasteiger partial charge in [0.05, 0.1) is 11.6 Å². The Morgan fingerprint density at radius 2 is 2.14 bits per heavy atom. The van der Waals surface area contributed by atoms with Crippen LogP contribution in [0.4, 0.5) is 0 Å². The fourth-order valence-corrected chi connectivity index (χ4v) is 1.16. The van der Waals surface area contributed by atoms with E-state index in [0.29, 0.717) is 24.0 Å². The van der Waals surface area contributed by atoms with Gasteiger partial charge in [-0.2, -0.15) is 0 Å². The van der Waals surface area contributed by atoms with Crippen LogP contribution in [0.15, 0.2) is 18.2 Å². The van der Waals surface area contributed by atoms with Crippen LogP contribution in [-0.4, -0.2) is 25.4 Å². The minimum Gasteiger partial charge on any atom is -0.508 e. The fraction of sp³-hybridized carbons (Fsp3) is 0.400. The van der Waals surface area contributed by atoms with Crippen molar-refractivity contribution in [2.75, 3.05) is 20.3 Å². The second-order valence-corrected chi connectivity index (χ2v) is 3.22. The van der Waals surface area contributed by atoms with Gasteiger partial charge in [-0.15, -0.1) is 0 Å². The maximum absolute atomic E-state index is 9.18. The molecule has 0 saturated heterocycles. The van der Waals surface area contributed by atoms with E-state index in [0.717, 1.165) is 6.42 Å². The van der Waals surface area contributed by atoms with Gasteiger partial charge in [0.2, 0.25) is 0 Å². The molecule has 14 heavy (non-hydrogen) atoms. The van der Waals surface area contributed by atoms with E-state index in [2.05, 4.69) is 0 Å². The first-order valence-corrected chi connectivity index (χ1v) is 4.72. The number of ether oxygens (including phenoxy) is 2. The normalized spacial score (nSPS) is 10.1. The second-order valence-electron chi connectivity index (χ2n) is 2.81. The van der Waals surface area contributed by atoms with E-state index >= 15 is 0 Å². The van der Waals surface area contributed by atoms with Crippen molar-refractivity contribution in [2.45, 2.75) is 6.42 Å². The number of phenolic OH excluding ortho intramolecular Hbond substituents is 1. The predicted molar refractivity (Wildman–Crippen MR) is 55.1 cm³/mol. The molecule has 0 unspecified atom stereocenters. The Bertz CT molecular complexity index is 289. The molecule has 0 spiro atoms. The lowest BCUT2D eigenvalue weighted by molar-refractivity contribution is 0.172. The third-order valence-corrected chi connectivity index (χ3v) is 1.98. The molecule has 0 aliphatic carbocycles. The topological polar surface area (TPSA) is 38.7 Å². The van der Waals surface area contributed by atoms with Crippen LogP contribution in [0.1, 0.15) is 6.42 Å². The first-order valence-electron chi connectivity index (χ1n) is 4.34. The Labute approximate surface area is 88.2 Å². The van der Waals surface area contributed by atoms with Crippen molar-refractivity contribution in [2.24, 2.45) is 0 Å². The number of hydrogen-bond donors (Lipinski definition) is 1. The van der Waals surface area contributed by atoms with Gasteiger partial charge in [-0.3, -0.25) is 0 Å². The van der Waals surface area contributed by atoms with Gasteiger partial charge in [-0.25, -0.2) is 0 Å². The summed E-state index contributed by atoms with van der Waals surface area (Å²) in [5, 5.41) is 9.68. The minimum absolute atomic E-state index is 0.149. The largest absolute Gasteiger partial charge is 0.508 e. The van der Waals surface area contributed by atoms with Crippen LogP contribution in [0.2, 0.25) is 5.02 Å². The number of benzene rings is 1. The molecule has 1 aromatic rings. The molecule has 0 aliphatic heterocycles. The lowest BCUT2D eigenvalue weighted by Crippen LogP contribution is -2.01. The van der Waals surface area contributed by atoms with Crippen LogP contribution in [0.25, 0.3) is 0 Å². The van der Waals surface area contributed by atoms with Crippen molar-refractivity contribution in [3.63, 3.8) is 0 Å². The van der Waals surface area contributed by atoms with Crippen LogP contribution in [0, 0.1) is 0 Å². The van der Waals surface area contributed by atoms with Gasteiger partial charge in [0.15, 0.2) is 0 Å². The summed E-state index contributed by atoms with van der Waals surface area (Å²) in [6.07, 6.45) is 0.794. The third kappa shape index (κ3) is 3.44. The van der Waals surface area contributed by atoms with Crippen molar-refractivity contribution in [1.29, 1.82) is 0 Å². The van der Waals surface area contributed by atoms with Gasteiger partial charge in [0, 0.05) is 26.2 Å². The van der Waals surface area contributed by atoms with Gasteiger partial charge in [0.1, 0.15) is 11.5 Å². The summed E-state index contributed by atoms with van der Waals surface area (Å²) in [6, 6.07) is 4.61. The monoisotopic (exact) mass is 216 g/mol. The van der Waals surface area contributed by atoms with Gasteiger partial charge >= 0.3 is 0 Å². The zero-order valence-electron chi connectivity index (χ0n) is 8.00. The Balaban J connectivity index is 2.45. The summed E-state index contributed by atoms with van der Waals surface area (Å²) in [5.74, 6) is 0.652. The summed E-state index contributed by atoms with van der Waals surface area (Å²) in [5.41, 5.74) is 0. The van der Waals surface area contributed by atoms with Crippen molar-refractivity contribution in [3.8, 4) is 11.5 Å². The van der Waals surface area contributed by atoms with Crippen LogP contribution in [0.3, 0.4) is 0 Å². The van der Waals surface area contributed by atoms with E-state index in [1.54, 1.807) is 13.2 Å². The smallest absolute Gasteiger partial charge is 0.141 e. The molecule has 0 aromatic heterocycles. The van der Waals surface area contributed by atoms with Gasteiger partial charge in [-0.05, 0) is 12.1 Å². The number of halogens is 1. The molecule has 0 fully saturated rings. The highest BCUT2D eigenvalue weighted by Crippen LogP contribution is 2.28. The molecule has 0 saturated carbocycles. The zero-order chi connectivity index (χ0) is 10.4. The molecule has 4 heteroatoms. The first kappa shape index (κ1) is 11.1. The van der Waals surface area contributed by atoms with E-state index in [-0.39, 0.29) is 5.75 Å². The summed E-state index contributed by atoms with van der Waals surface area (Å²) in [6.45, 7) is 1.17. The minimum atomic E-state index is 0.149. The van der Waals surface area contributed by atoms with E-state index in [1.165, 1.54) is 12.1 Å². The fourth-order valence-electron chi connectivity index (χ4n) is 0.988. The molecule has 0 heterocycles. The summed E-state index contributed by atoms with van der Waals surface area (Å²) in [7, 11) is 1.64. The molecular weight excluding hydrogens is 204 g/mol. The highest BCUT2D eigenvalue weighted by Gasteiger charge is 2.01. The average molecular weight is 217 g/mol. The summed E-state index contributed by atoms with van der Waals surface area (Å²) >= 11 is 5.84. The van der Waals surface area contributed by atoms with E-state index in [1.807, 2.05) is 0 Å². The molecule has 0 bridgehead atoms. The third-order valence-electron chi connectivity index (χ3n) is 1.67. The number of aromatic hydroxyl groups is 1. The number of rotatable bonds is 5. The molecule has 1 N–H and O–H groups in total. The molecule has 0 aliphatic rings. The maximum Gasteiger partial charge on any atom is 0.141 e. The number of hydrogen-bond acceptors (Lipinski definition) is 3. The lowest BCUT2D eigenvalue weighted by Gasteiger charge is -2.07. The number of methoxy groups -OCH3 is 1. The Morgan fingerprint density at radius 1 is 1.36 bits per heavy atom. The predicted octanol–water partition coefficient (Wildman–Crippen LogP) is 2.46. The molecular formula is C10H13ClO3. The standard InChI is InChI=1S/C10H13ClO3/c1-13-5-2-6-14-10-7-8(12)3-4-9(10)11/h3-4,7,12H,2,5-6H2,1H3. The summed E-state index contributed by atoms with van der Waals surface area (Å²) < 4.78 is 10.2. The second kappa shape index (κ2) is 5.73. The van der Waals surface area contributed by atoms with Crippen molar-refractivity contribution in [1.82, 2.24) is 0 Å². The van der Waals surface area contributed by atoms with Crippen LogP contribution in [-0.2, 0) is 4.74 Å². The number of phenols is 1. The van der Waals surface area contributed by atoms with Gasteiger partial charge in [-0.1, -0.05) is 11.6 Å². The van der Waals surface area contributed by atoms with Crippen LogP contribution in [0.5, 0.6) is 11.5 Å². The van der Waals surface area contributed by atoms with Crippen molar-refractivity contribution < 1.29 is 14.6 Å². The Hall–Kier alpha value is -0.930. The zero-order valence-corrected chi connectivity index (χ0v) is 8.75. The Kier molecular flexibility index (Phi) is 4.56. The average Bonchev–Trinajstić information content (AvgIpc) is 2.18.